The molecule has 0 spiro atoms. The quantitative estimate of drug-likeness (QED) is 0.145. The molecular formula is C80H62N4. The molecule has 0 N–H and O–H groups in total. The van der Waals surface area contributed by atoms with E-state index in [1.807, 2.05) is 12.1 Å². The Bertz CT molecular complexity index is 4520. The number of hydrogen-bond donors (Lipinski definition) is 0. The number of aryl methyl sites for hydroxylation is 8. The second-order valence-corrected chi connectivity index (χ2v) is 23.2. The van der Waals surface area contributed by atoms with Gasteiger partial charge in [-0.15, -0.1) is 0 Å². The van der Waals surface area contributed by atoms with E-state index in [2.05, 4.69) is 289 Å². The van der Waals surface area contributed by atoms with E-state index in [9.17, 15) is 5.26 Å². The Morgan fingerprint density at radius 2 is 0.583 bits per heavy atom. The number of fused-ring (bicyclic) bond motifs is 6. The predicted molar refractivity (Wildman–Crippen MR) is 354 cm³/mol. The van der Waals surface area contributed by atoms with Gasteiger partial charge in [0.05, 0.1) is 44.8 Å². The van der Waals surface area contributed by atoms with Gasteiger partial charge in [-0.05, 0) is 206 Å². The van der Waals surface area contributed by atoms with Crippen LogP contribution in [0.25, 0.3) is 133 Å². The van der Waals surface area contributed by atoms with E-state index < -0.39 is 0 Å². The van der Waals surface area contributed by atoms with Gasteiger partial charge in [-0.25, -0.2) is 4.98 Å². The van der Waals surface area contributed by atoms with Crippen molar-refractivity contribution in [3.8, 4) is 95.6 Å². The lowest BCUT2D eigenvalue weighted by Gasteiger charge is -2.19. The lowest BCUT2D eigenvalue weighted by Crippen LogP contribution is -2.05. The van der Waals surface area contributed by atoms with E-state index in [0.29, 0.717) is 5.56 Å². The van der Waals surface area contributed by atoms with Crippen molar-refractivity contribution in [3.05, 3.63) is 281 Å². The summed E-state index contributed by atoms with van der Waals surface area (Å²) in [6.45, 7) is 17.4. The first-order valence-corrected chi connectivity index (χ1v) is 29.0. The minimum absolute atomic E-state index is 0.561. The molecule has 0 saturated carbocycles. The van der Waals surface area contributed by atoms with E-state index in [1.165, 1.54) is 66.8 Å². The van der Waals surface area contributed by atoms with E-state index in [-0.39, 0.29) is 0 Å². The molecule has 0 saturated heterocycles. The topological polar surface area (TPSA) is 46.5 Å². The summed E-state index contributed by atoms with van der Waals surface area (Å²) in [5, 5.41) is 16.7. The molecule has 4 nitrogen and oxygen atoms in total. The molecular weight excluding hydrogens is 1020 g/mol. The highest BCUT2D eigenvalue weighted by atomic mass is 15.0. The van der Waals surface area contributed by atoms with Crippen LogP contribution in [0, 0.1) is 66.7 Å². The molecule has 0 fully saturated rings. The van der Waals surface area contributed by atoms with Gasteiger partial charge in [-0.1, -0.05) is 180 Å². The van der Waals surface area contributed by atoms with Crippen molar-refractivity contribution >= 4 is 43.6 Å². The summed E-state index contributed by atoms with van der Waals surface area (Å²) in [6, 6.07) is 87.2. The molecule has 3 heterocycles. The highest BCUT2D eigenvalue weighted by molar-refractivity contribution is 6.14. The summed E-state index contributed by atoms with van der Waals surface area (Å²) >= 11 is 0. The number of aromatic nitrogens is 3. The highest BCUT2D eigenvalue weighted by Gasteiger charge is 2.25. The number of benzene rings is 11. The number of nitrogens with zero attached hydrogens (tertiary/aromatic N) is 4. The third-order valence-corrected chi connectivity index (χ3v) is 17.3. The van der Waals surface area contributed by atoms with Crippen LogP contribution in [-0.2, 0) is 0 Å². The standard InChI is InChI=1S/C80H62N4/c1-48-19-27-64(52(5)35-48)58-23-31-75-68(39-58)69-40-59(65-28-20-49(2)36-53(65)6)24-32-76(69)83(75)79-45-63(62-43-73(56-15-11-9-12-16-56)82-74(44-62)57-17-13-10-14-18-57)46-80(72(79)47-81)84-77-33-25-60(66-29-21-50(3)37-54(66)7)41-70(77)71-42-61(26-34-78(71)84)67-30-22-51(4)38-55(67)8/h9-46H,1-8H3. The lowest BCUT2D eigenvalue weighted by molar-refractivity contribution is 1.12. The van der Waals surface area contributed by atoms with Crippen LogP contribution in [0.5, 0.6) is 0 Å². The van der Waals surface area contributed by atoms with Gasteiger partial charge >= 0.3 is 0 Å². The molecule has 14 aromatic rings. The number of pyridine rings is 1. The van der Waals surface area contributed by atoms with Crippen molar-refractivity contribution in [1.82, 2.24) is 14.1 Å². The van der Waals surface area contributed by atoms with Crippen LogP contribution in [0.4, 0.5) is 0 Å². The van der Waals surface area contributed by atoms with Crippen molar-refractivity contribution in [3.63, 3.8) is 0 Å². The average Bonchev–Trinajstić information content (AvgIpc) is 1.79. The van der Waals surface area contributed by atoms with Crippen LogP contribution in [-0.4, -0.2) is 14.1 Å². The van der Waals surface area contributed by atoms with E-state index in [4.69, 9.17) is 4.98 Å². The fourth-order valence-electron chi connectivity index (χ4n) is 13.2. The SMILES string of the molecule is Cc1ccc(-c2ccc3c(c2)c2cc(-c4ccc(C)cc4C)ccc2n3-c2cc(-c3cc(-c4ccccc4)nc(-c4ccccc4)c3)cc(-n3c4ccc(-c5ccc(C)cc5C)cc4c4cc(-c5ccc(C)cc5C)ccc43)c2C#N)c(C)c1. The van der Waals surface area contributed by atoms with Crippen molar-refractivity contribution in [1.29, 1.82) is 5.26 Å². The van der Waals surface area contributed by atoms with Crippen molar-refractivity contribution < 1.29 is 0 Å². The maximum atomic E-state index is 12.2. The zero-order valence-corrected chi connectivity index (χ0v) is 48.7. The molecule has 402 valence electrons. The molecule has 0 aliphatic carbocycles. The Kier molecular flexibility index (Phi) is 12.7. The van der Waals surface area contributed by atoms with Gasteiger partial charge < -0.3 is 9.13 Å². The molecule has 4 heteroatoms. The molecule has 11 aromatic carbocycles. The maximum Gasteiger partial charge on any atom is 0.104 e. The molecule has 0 bridgehead atoms. The first kappa shape index (κ1) is 51.8. The third-order valence-electron chi connectivity index (χ3n) is 17.3. The van der Waals surface area contributed by atoms with Crippen LogP contribution in [0.3, 0.4) is 0 Å². The van der Waals surface area contributed by atoms with Crippen LogP contribution < -0.4 is 0 Å². The summed E-state index contributed by atoms with van der Waals surface area (Å²) in [5.74, 6) is 0. The monoisotopic (exact) mass is 1080 g/mol. The summed E-state index contributed by atoms with van der Waals surface area (Å²) < 4.78 is 4.71. The molecule has 0 unspecified atom stereocenters. The van der Waals surface area contributed by atoms with Gasteiger partial charge in [0, 0.05) is 32.7 Å². The van der Waals surface area contributed by atoms with Crippen LogP contribution in [0.15, 0.2) is 231 Å². The Balaban J connectivity index is 1.11. The van der Waals surface area contributed by atoms with Crippen LogP contribution in [0.1, 0.15) is 50.1 Å². The number of hydrogen-bond acceptors (Lipinski definition) is 2. The van der Waals surface area contributed by atoms with Crippen LogP contribution >= 0.6 is 0 Å². The van der Waals surface area contributed by atoms with E-state index in [1.54, 1.807) is 0 Å². The smallest absolute Gasteiger partial charge is 0.104 e. The fraction of sp³-hybridized carbons (Fsp3) is 0.100. The zero-order chi connectivity index (χ0) is 57.5. The van der Waals surface area contributed by atoms with Gasteiger partial charge in [0.15, 0.2) is 0 Å². The molecule has 0 amide bonds. The fourth-order valence-corrected chi connectivity index (χ4v) is 13.2. The lowest BCUT2D eigenvalue weighted by atomic mass is 9.95. The normalized spacial score (nSPS) is 11.6. The summed E-state index contributed by atoms with van der Waals surface area (Å²) in [7, 11) is 0. The Hall–Kier alpha value is -10.3. The largest absolute Gasteiger partial charge is 0.308 e. The summed E-state index contributed by atoms with van der Waals surface area (Å²) in [4.78, 5) is 5.36. The molecule has 3 aromatic heterocycles. The molecule has 0 radical (unpaired) electrons. The Labute approximate surface area is 491 Å². The van der Waals surface area contributed by atoms with Gasteiger partial charge in [0.2, 0.25) is 0 Å². The van der Waals surface area contributed by atoms with Crippen molar-refractivity contribution in [2.24, 2.45) is 0 Å². The molecule has 0 aliphatic heterocycles. The Morgan fingerprint density at radius 3 is 0.869 bits per heavy atom. The van der Waals surface area contributed by atoms with Crippen molar-refractivity contribution in [2.45, 2.75) is 55.4 Å². The van der Waals surface area contributed by atoms with Gasteiger partial charge in [0.1, 0.15) is 11.6 Å². The van der Waals surface area contributed by atoms with Gasteiger partial charge in [-0.3, -0.25) is 0 Å². The second kappa shape index (κ2) is 20.6. The minimum atomic E-state index is 0.561. The molecule has 84 heavy (non-hydrogen) atoms. The third kappa shape index (κ3) is 8.98. The van der Waals surface area contributed by atoms with E-state index in [0.717, 1.165) is 111 Å². The van der Waals surface area contributed by atoms with Crippen LogP contribution in [0.2, 0.25) is 0 Å². The molecule has 14 rings (SSSR count). The molecule has 0 aliphatic rings. The Morgan fingerprint density at radius 1 is 0.286 bits per heavy atom. The second-order valence-electron chi connectivity index (χ2n) is 23.2. The summed E-state index contributed by atoms with van der Waals surface area (Å²) in [6.07, 6.45) is 0. The van der Waals surface area contributed by atoms with Gasteiger partial charge in [0.25, 0.3) is 0 Å². The minimum Gasteiger partial charge on any atom is -0.308 e. The van der Waals surface area contributed by atoms with Crippen molar-refractivity contribution in [2.75, 3.05) is 0 Å². The average molecular weight is 1080 g/mol. The zero-order valence-electron chi connectivity index (χ0n) is 48.7. The first-order valence-electron chi connectivity index (χ1n) is 29.0. The maximum absolute atomic E-state index is 12.2. The first-order chi connectivity index (χ1) is 40.8. The van der Waals surface area contributed by atoms with E-state index >= 15 is 0 Å². The highest BCUT2D eigenvalue weighted by Crippen LogP contribution is 2.45. The molecule has 0 atom stereocenters. The predicted octanol–water partition coefficient (Wildman–Crippen LogP) is 21.3. The number of rotatable bonds is 9. The summed E-state index contributed by atoms with van der Waals surface area (Å²) in [5.41, 5.74) is 31.2. The number of nitriles is 1. The van der Waals surface area contributed by atoms with Gasteiger partial charge in [-0.2, -0.15) is 5.26 Å².